The summed E-state index contributed by atoms with van der Waals surface area (Å²) in [5, 5.41) is 6.38. The van der Waals surface area contributed by atoms with Crippen LogP contribution < -0.4 is 10.6 Å². The van der Waals surface area contributed by atoms with Gasteiger partial charge in [-0.25, -0.2) is 4.79 Å². The average molecular weight is 441 g/mol. The second-order valence-electron chi connectivity index (χ2n) is 10.4. The number of hydrogen-bond donors (Lipinski definition) is 2. The monoisotopic (exact) mass is 440 g/mol. The Bertz CT molecular complexity index is 943. The quantitative estimate of drug-likeness (QED) is 0.660. The summed E-state index contributed by atoms with van der Waals surface area (Å²) >= 11 is 0. The van der Waals surface area contributed by atoms with Gasteiger partial charge in [-0.2, -0.15) is 0 Å². The Hall–Kier alpha value is -1.79. The molecule has 0 unspecified atom stereocenters. The SMILES string of the molecule is CCCN1C[C@@H](NC(=O)N(CC)CC)C[C@@H]2c3cccc4[nH]c([Si](C)(C)C)c(c34)C[C@H]21. The number of amides is 2. The van der Waals surface area contributed by atoms with Crippen LogP contribution in [-0.4, -0.2) is 67.2 Å². The molecule has 1 saturated heterocycles. The van der Waals surface area contributed by atoms with Crippen LogP contribution in [0.25, 0.3) is 10.9 Å². The number of benzene rings is 1. The molecule has 31 heavy (non-hydrogen) atoms. The molecule has 1 aromatic heterocycles. The minimum absolute atomic E-state index is 0.0854. The van der Waals surface area contributed by atoms with Gasteiger partial charge >= 0.3 is 6.03 Å². The predicted octanol–water partition coefficient (Wildman–Crippen LogP) is 4.26. The minimum Gasteiger partial charge on any atom is -0.362 e. The smallest absolute Gasteiger partial charge is 0.317 e. The highest BCUT2D eigenvalue weighted by Gasteiger charge is 2.42. The summed E-state index contributed by atoms with van der Waals surface area (Å²) in [5.74, 6) is 0.476. The van der Waals surface area contributed by atoms with Crippen molar-refractivity contribution >= 4 is 30.3 Å². The highest BCUT2D eigenvalue weighted by atomic mass is 28.3. The zero-order valence-electron chi connectivity index (χ0n) is 20.2. The van der Waals surface area contributed by atoms with Gasteiger partial charge in [0.2, 0.25) is 0 Å². The van der Waals surface area contributed by atoms with Crippen LogP contribution in [0.1, 0.15) is 50.7 Å². The van der Waals surface area contributed by atoms with Gasteiger partial charge in [-0.3, -0.25) is 4.90 Å². The lowest BCUT2D eigenvalue weighted by molar-refractivity contribution is 0.0981. The summed E-state index contributed by atoms with van der Waals surface area (Å²) in [4.78, 5) is 21.2. The molecular weight excluding hydrogens is 400 g/mol. The highest BCUT2D eigenvalue weighted by Crippen LogP contribution is 2.43. The van der Waals surface area contributed by atoms with E-state index in [2.05, 4.69) is 73.8 Å². The minimum atomic E-state index is -1.46. The number of likely N-dealkylation sites (tertiary alicyclic amines) is 1. The molecule has 2 aliphatic rings. The van der Waals surface area contributed by atoms with Gasteiger partial charge in [0.1, 0.15) is 0 Å². The van der Waals surface area contributed by atoms with Gasteiger partial charge in [-0.05, 0) is 56.8 Å². The predicted molar refractivity (Wildman–Crippen MR) is 133 cm³/mol. The van der Waals surface area contributed by atoms with Crippen molar-refractivity contribution < 1.29 is 4.79 Å². The number of nitrogens with one attached hydrogen (secondary N) is 2. The second kappa shape index (κ2) is 8.62. The molecule has 3 atom stereocenters. The molecule has 2 N–H and O–H groups in total. The summed E-state index contributed by atoms with van der Waals surface area (Å²) < 4.78 is 0. The zero-order valence-corrected chi connectivity index (χ0v) is 21.2. The van der Waals surface area contributed by atoms with E-state index >= 15 is 0 Å². The lowest BCUT2D eigenvalue weighted by Crippen LogP contribution is -2.58. The molecule has 6 heteroatoms. The number of H-pyrrole nitrogens is 1. The first-order valence-electron chi connectivity index (χ1n) is 12.2. The zero-order chi connectivity index (χ0) is 22.3. The number of rotatable bonds is 6. The number of hydrogen-bond acceptors (Lipinski definition) is 2. The lowest BCUT2D eigenvalue weighted by Gasteiger charge is -2.47. The van der Waals surface area contributed by atoms with Gasteiger partial charge in [0, 0.05) is 53.9 Å². The summed E-state index contributed by atoms with van der Waals surface area (Å²) in [6, 6.07) is 7.64. The number of carbonyl (C=O) groups is 1. The van der Waals surface area contributed by atoms with Crippen molar-refractivity contribution in [3.8, 4) is 0 Å². The molecule has 1 aliphatic carbocycles. The van der Waals surface area contributed by atoms with Crippen molar-refractivity contribution in [1.29, 1.82) is 0 Å². The summed E-state index contributed by atoms with van der Waals surface area (Å²) in [5.41, 5.74) is 4.38. The molecule has 4 rings (SSSR count). The van der Waals surface area contributed by atoms with E-state index in [4.69, 9.17) is 0 Å². The molecule has 2 amide bonds. The first-order valence-corrected chi connectivity index (χ1v) is 15.7. The van der Waals surface area contributed by atoms with Crippen LogP contribution in [0.15, 0.2) is 18.2 Å². The maximum absolute atomic E-state index is 12.8. The molecule has 2 heterocycles. The Kier molecular flexibility index (Phi) is 6.23. The summed E-state index contributed by atoms with van der Waals surface area (Å²) in [6.07, 6.45) is 3.31. The Morgan fingerprint density at radius 2 is 1.97 bits per heavy atom. The third-order valence-electron chi connectivity index (χ3n) is 7.34. The van der Waals surface area contributed by atoms with Crippen LogP contribution in [0.4, 0.5) is 4.79 Å². The van der Waals surface area contributed by atoms with E-state index in [1.807, 2.05) is 4.90 Å². The average Bonchev–Trinajstić information content (AvgIpc) is 3.10. The van der Waals surface area contributed by atoms with Gasteiger partial charge in [0.15, 0.2) is 0 Å². The summed E-state index contributed by atoms with van der Waals surface area (Å²) in [6.45, 7) is 17.3. The number of fused-ring (bicyclic) bond motifs is 2. The number of aromatic amines is 1. The fourth-order valence-electron chi connectivity index (χ4n) is 5.95. The van der Waals surface area contributed by atoms with E-state index < -0.39 is 8.07 Å². The van der Waals surface area contributed by atoms with Gasteiger partial charge in [-0.15, -0.1) is 0 Å². The van der Waals surface area contributed by atoms with E-state index in [1.165, 1.54) is 21.8 Å². The van der Waals surface area contributed by atoms with Gasteiger partial charge in [0.25, 0.3) is 0 Å². The number of urea groups is 1. The van der Waals surface area contributed by atoms with E-state index in [0.29, 0.717) is 12.0 Å². The van der Waals surface area contributed by atoms with Crippen molar-refractivity contribution in [1.82, 2.24) is 20.1 Å². The molecular formula is C25H40N4OSi. The number of nitrogens with zero attached hydrogens (tertiary/aromatic N) is 2. The lowest BCUT2D eigenvalue weighted by atomic mass is 9.73. The van der Waals surface area contributed by atoms with Crippen LogP contribution in [0.3, 0.4) is 0 Å². The first kappa shape index (κ1) is 22.4. The van der Waals surface area contributed by atoms with Crippen LogP contribution in [0, 0.1) is 0 Å². The van der Waals surface area contributed by atoms with E-state index in [0.717, 1.165) is 45.4 Å². The van der Waals surface area contributed by atoms with Crippen LogP contribution in [0.5, 0.6) is 0 Å². The Morgan fingerprint density at radius 3 is 2.61 bits per heavy atom. The fourth-order valence-corrected chi connectivity index (χ4v) is 7.59. The van der Waals surface area contributed by atoms with Crippen molar-refractivity contribution in [3.63, 3.8) is 0 Å². The molecule has 1 aromatic carbocycles. The molecule has 5 nitrogen and oxygen atoms in total. The third kappa shape index (κ3) is 4.04. The fraction of sp³-hybridized carbons (Fsp3) is 0.640. The first-order chi connectivity index (χ1) is 14.8. The van der Waals surface area contributed by atoms with Crippen LogP contribution in [-0.2, 0) is 6.42 Å². The van der Waals surface area contributed by atoms with Crippen molar-refractivity contribution in [2.45, 2.75) is 77.7 Å². The summed E-state index contributed by atoms with van der Waals surface area (Å²) in [7, 11) is -1.46. The second-order valence-corrected chi connectivity index (χ2v) is 15.4. The Morgan fingerprint density at radius 1 is 1.23 bits per heavy atom. The van der Waals surface area contributed by atoms with E-state index in [1.54, 1.807) is 5.56 Å². The molecule has 0 bridgehead atoms. The molecule has 2 aromatic rings. The number of aromatic nitrogens is 1. The number of carbonyl (C=O) groups excluding carboxylic acids is 1. The molecule has 0 spiro atoms. The van der Waals surface area contributed by atoms with Crippen LogP contribution in [0.2, 0.25) is 19.6 Å². The molecule has 0 saturated carbocycles. The van der Waals surface area contributed by atoms with Crippen molar-refractivity contribution in [2.24, 2.45) is 0 Å². The Balaban J connectivity index is 1.71. The topological polar surface area (TPSA) is 51.4 Å². The van der Waals surface area contributed by atoms with Crippen molar-refractivity contribution in [3.05, 3.63) is 29.3 Å². The van der Waals surface area contributed by atoms with Gasteiger partial charge in [-0.1, -0.05) is 38.7 Å². The van der Waals surface area contributed by atoms with Gasteiger partial charge in [0.05, 0.1) is 8.07 Å². The maximum Gasteiger partial charge on any atom is 0.317 e. The van der Waals surface area contributed by atoms with E-state index in [9.17, 15) is 4.79 Å². The van der Waals surface area contributed by atoms with E-state index in [-0.39, 0.29) is 12.1 Å². The standard InChI is InChI=1S/C25H40N4OSi/c1-7-13-29-16-17(26-25(30)28(8-2)9-3)14-19-18-11-10-12-21-23(18)20(15-22(19)29)24(27-21)31(4,5)6/h10-12,17,19,22,27H,7-9,13-16H2,1-6H3,(H,26,30)/t17-,19+,22+/m0/s1. The number of piperidine rings is 1. The molecule has 1 aliphatic heterocycles. The normalized spacial score (nSPS) is 23.6. The molecule has 1 fully saturated rings. The largest absolute Gasteiger partial charge is 0.362 e. The Labute approximate surface area is 188 Å². The molecule has 170 valence electrons. The third-order valence-corrected chi connectivity index (χ3v) is 9.27. The molecule has 0 radical (unpaired) electrons. The van der Waals surface area contributed by atoms with Gasteiger partial charge < -0.3 is 15.2 Å². The van der Waals surface area contributed by atoms with Crippen molar-refractivity contribution in [2.75, 3.05) is 26.2 Å². The van der Waals surface area contributed by atoms with Crippen LogP contribution >= 0.6 is 0 Å². The highest BCUT2D eigenvalue weighted by molar-refractivity contribution is 6.88. The maximum atomic E-state index is 12.8.